The fourth-order valence-electron chi connectivity index (χ4n) is 2.33. The second-order valence-corrected chi connectivity index (χ2v) is 5.57. The maximum atomic E-state index is 12.1. The summed E-state index contributed by atoms with van der Waals surface area (Å²) in [6.45, 7) is 2.97. The third-order valence-corrected chi connectivity index (χ3v) is 4.27. The summed E-state index contributed by atoms with van der Waals surface area (Å²) in [5.41, 5.74) is 5.11. The van der Waals surface area contributed by atoms with Gasteiger partial charge in [0.05, 0.1) is 5.56 Å². The normalized spacial score (nSPS) is 13.5. The molecule has 2 heterocycles. The van der Waals surface area contributed by atoms with Crippen molar-refractivity contribution >= 4 is 28.6 Å². The number of hydrogen-bond acceptors (Lipinski definition) is 3. The van der Waals surface area contributed by atoms with E-state index in [1.807, 2.05) is 29.8 Å². The molecule has 0 spiro atoms. The molecule has 0 saturated heterocycles. The Morgan fingerprint density at radius 2 is 2.26 bits per heavy atom. The number of carbonyl (C=O) groups excluding carboxylic acids is 1. The quantitative estimate of drug-likeness (QED) is 0.876. The lowest BCUT2D eigenvalue weighted by Crippen LogP contribution is -2.14. The molecule has 0 atom stereocenters. The van der Waals surface area contributed by atoms with E-state index in [4.69, 9.17) is 0 Å². The van der Waals surface area contributed by atoms with E-state index in [9.17, 15) is 4.79 Å². The molecule has 2 aromatic rings. The highest BCUT2D eigenvalue weighted by molar-refractivity contribution is 7.08. The van der Waals surface area contributed by atoms with Crippen LogP contribution in [-0.4, -0.2) is 12.5 Å². The number of carbonyl (C=O) groups is 1. The van der Waals surface area contributed by atoms with Gasteiger partial charge in [0, 0.05) is 23.3 Å². The number of hydrogen-bond donors (Lipinski definition) is 2. The third-order valence-electron chi connectivity index (χ3n) is 3.41. The number of rotatable bonds is 2. The Hall–Kier alpha value is -1.81. The molecule has 0 aliphatic carbocycles. The molecule has 3 rings (SSSR count). The Kier molecular flexibility index (Phi) is 3.25. The molecule has 3 nitrogen and oxygen atoms in total. The predicted octanol–water partition coefficient (Wildman–Crippen LogP) is 3.67. The monoisotopic (exact) mass is 272 g/mol. The molecule has 0 fully saturated rings. The van der Waals surface area contributed by atoms with Gasteiger partial charge in [0.15, 0.2) is 0 Å². The summed E-state index contributed by atoms with van der Waals surface area (Å²) in [4.78, 5) is 12.1. The van der Waals surface area contributed by atoms with E-state index in [0.29, 0.717) is 0 Å². The predicted molar refractivity (Wildman–Crippen MR) is 80.3 cm³/mol. The summed E-state index contributed by atoms with van der Waals surface area (Å²) >= 11 is 1.55. The van der Waals surface area contributed by atoms with Gasteiger partial charge >= 0.3 is 0 Å². The molecule has 1 aliphatic rings. The van der Waals surface area contributed by atoms with E-state index in [1.165, 1.54) is 12.0 Å². The zero-order chi connectivity index (χ0) is 13.2. The Bertz CT molecular complexity index is 618. The second kappa shape index (κ2) is 5.05. The van der Waals surface area contributed by atoms with E-state index >= 15 is 0 Å². The number of amides is 1. The van der Waals surface area contributed by atoms with Gasteiger partial charge in [0.2, 0.25) is 0 Å². The first-order valence-corrected chi connectivity index (χ1v) is 7.39. The maximum Gasteiger partial charge on any atom is 0.256 e. The number of anilines is 2. The molecule has 98 valence electrons. The maximum absolute atomic E-state index is 12.1. The Morgan fingerprint density at radius 1 is 1.37 bits per heavy atom. The van der Waals surface area contributed by atoms with Crippen LogP contribution < -0.4 is 10.6 Å². The van der Waals surface area contributed by atoms with Gasteiger partial charge < -0.3 is 10.6 Å². The Labute approximate surface area is 116 Å². The molecular weight excluding hydrogens is 256 g/mol. The lowest BCUT2D eigenvalue weighted by atomic mass is 10.0. The van der Waals surface area contributed by atoms with Crippen molar-refractivity contribution in [3.63, 3.8) is 0 Å². The van der Waals surface area contributed by atoms with Gasteiger partial charge in [0.25, 0.3) is 5.91 Å². The molecule has 4 heteroatoms. The molecule has 1 aromatic carbocycles. The molecule has 0 unspecified atom stereocenters. The number of fused-ring (bicyclic) bond motifs is 1. The van der Waals surface area contributed by atoms with Crippen molar-refractivity contribution in [3.8, 4) is 0 Å². The van der Waals surface area contributed by atoms with Gasteiger partial charge in [-0.15, -0.1) is 0 Å². The molecule has 19 heavy (non-hydrogen) atoms. The van der Waals surface area contributed by atoms with Crippen LogP contribution in [0.3, 0.4) is 0 Å². The number of thiophene rings is 1. The summed E-state index contributed by atoms with van der Waals surface area (Å²) in [5, 5.41) is 10.2. The molecule has 0 saturated carbocycles. The molecule has 0 bridgehead atoms. The van der Waals surface area contributed by atoms with Crippen LogP contribution in [0.4, 0.5) is 11.4 Å². The van der Waals surface area contributed by atoms with Crippen molar-refractivity contribution in [2.75, 3.05) is 17.2 Å². The fourth-order valence-corrected chi connectivity index (χ4v) is 3.16. The van der Waals surface area contributed by atoms with Crippen LogP contribution in [0.1, 0.15) is 27.9 Å². The average molecular weight is 272 g/mol. The van der Waals surface area contributed by atoms with Gasteiger partial charge in [-0.25, -0.2) is 0 Å². The van der Waals surface area contributed by atoms with Crippen LogP contribution in [0.25, 0.3) is 0 Å². The fraction of sp³-hybridized carbons (Fsp3) is 0.267. The minimum atomic E-state index is -0.0329. The Balaban J connectivity index is 1.80. The first-order chi connectivity index (χ1) is 9.24. The minimum Gasteiger partial charge on any atom is -0.385 e. The number of benzene rings is 1. The van der Waals surface area contributed by atoms with Gasteiger partial charge in [-0.05, 0) is 48.4 Å². The Morgan fingerprint density at radius 3 is 3.05 bits per heavy atom. The summed E-state index contributed by atoms with van der Waals surface area (Å²) in [5.74, 6) is -0.0329. The van der Waals surface area contributed by atoms with Crippen molar-refractivity contribution < 1.29 is 4.79 Å². The highest BCUT2D eigenvalue weighted by atomic mass is 32.1. The summed E-state index contributed by atoms with van der Waals surface area (Å²) in [6.07, 6.45) is 2.28. The van der Waals surface area contributed by atoms with Crippen LogP contribution in [0, 0.1) is 6.92 Å². The average Bonchev–Trinajstić information content (AvgIpc) is 2.85. The van der Waals surface area contributed by atoms with E-state index in [-0.39, 0.29) is 5.91 Å². The topological polar surface area (TPSA) is 41.1 Å². The summed E-state index contributed by atoms with van der Waals surface area (Å²) in [6, 6.07) is 6.09. The number of nitrogens with one attached hydrogen (secondary N) is 2. The lowest BCUT2D eigenvalue weighted by Gasteiger charge is -2.18. The van der Waals surface area contributed by atoms with E-state index in [1.54, 1.807) is 11.3 Å². The van der Waals surface area contributed by atoms with Gasteiger partial charge in [-0.2, -0.15) is 11.3 Å². The van der Waals surface area contributed by atoms with Crippen LogP contribution in [-0.2, 0) is 6.42 Å². The zero-order valence-corrected chi connectivity index (χ0v) is 11.6. The van der Waals surface area contributed by atoms with Crippen molar-refractivity contribution in [2.45, 2.75) is 19.8 Å². The van der Waals surface area contributed by atoms with Crippen LogP contribution >= 0.6 is 11.3 Å². The highest BCUT2D eigenvalue weighted by Crippen LogP contribution is 2.26. The second-order valence-electron chi connectivity index (χ2n) is 4.82. The zero-order valence-electron chi connectivity index (χ0n) is 10.8. The van der Waals surface area contributed by atoms with E-state index in [0.717, 1.165) is 35.5 Å². The van der Waals surface area contributed by atoms with Gasteiger partial charge in [-0.3, -0.25) is 4.79 Å². The molecule has 1 aromatic heterocycles. The van der Waals surface area contributed by atoms with Crippen LogP contribution in [0.15, 0.2) is 29.0 Å². The standard InChI is InChI=1S/C15H16N2OS/c1-10-8-19-9-13(10)15(18)17-12-5-4-11-3-2-6-16-14(11)7-12/h4-5,7-9,16H,2-3,6H2,1H3,(H,17,18). The molecular formula is C15H16N2OS. The first kappa shape index (κ1) is 12.2. The van der Waals surface area contributed by atoms with Crippen molar-refractivity contribution in [1.82, 2.24) is 0 Å². The van der Waals surface area contributed by atoms with Crippen molar-refractivity contribution in [1.29, 1.82) is 0 Å². The molecule has 2 N–H and O–H groups in total. The van der Waals surface area contributed by atoms with Crippen LogP contribution in [0.5, 0.6) is 0 Å². The summed E-state index contributed by atoms with van der Waals surface area (Å²) in [7, 11) is 0. The SMILES string of the molecule is Cc1cscc1C(=O)Nc1ccc2c(c1)NCCC2. The van der Waals surface area contributed by atoms with Crippen molar-refractivity contribution in [3.05, 3.63) is 45.6 Å². The van der Waals surface area contributed by atoms with Gasteiger partial charge in [-0.1, -0.05) is 6.07 Å². The molecule has 1 aliphatic heterocycles. The first-order valence-electron chi connectivity index (χ1n) is 6.45. The lowest BCUT2D eigenvalue weighted by molar-refractivity contribution is 0.102. The van der Waals surface area contributed by atoms with Crippen molar-refractivity contribution in [2.24, 2.45) is 0 Å². The molecule has 1 amide bonds. The molecule has 0 radical (unpaired) electrons. The van der Waals surface area contributed by atoms with Gasteiger partial charge in [0.1, 0.15) is 0 Å². The van der Waals surface area contributed by atoms with E-state index in [2.05, 4.69) is 16.7 Å². The highest BCUT2D eigenvalue weighted by Gasteiger charge is 2.12. The number of aryl methyl sites for hydroxylation is 2. The smallest absolute Gasteiger partial charge is 0.256 e. The van der Waals surface area contributed by atoms with E-state index < -0.39 is 0 Å². The minimum absolute atomic E-state index is 0.0329. The third kappa shape index (κ3) is 2.49. The largest absolute Gasteiger partial charge is 0.385 e. The van der Waals surface area contributed by atoms with Crippen LogP contribution in [0.2, 0.25) is 0 Å². The summed E-state index contributed by atoms with van der Waals surface area (Å²) < 4.78 is 0.